The van der Waals surface area contributed by atoms with Crippen LogP contribution in [-0.4, -0.2) is 39.5 Å². The first kappa shape index (κ1) is 17.2. The van der Waals surface area contributed by atoms with Crippen molar-refractivity contribution in [1.29, 1.82) is 0 Å². The van der Waals surface area contributed by atoms with E-state index in [-0.39, 0.29) is 0 Å². The first-order valence-corrected chi connectivity index (χ1v) is 7.45. The Balaban J connectivity index is 2.65. The highest BCUT2D eigenvalue weighted by Crippen LogP contribution is 2.18. The van der Waals surface area contributed by atoms with Crippen molar-refractivity contribution in [2.24, 2.45) is 0 Å². The molecule has 3 nitrogen and oxygen atoms in total. The number of benzene rings is 1. The highest BCUT2D eigenvalue weighted by molar-refractivity contribution is 5.38. The molecule has 0 aliphatic carbocycles. The van der Waals surface area contributed by atoms with Crippen LogP contribution in [0, 0.1) is 20.8 Å². The highest BCUT2D eigenvalue weighted by atomic mass is 16.5. The summed E-state index contributed by atoms with van der Waals surface area (Å²) >= 11 is 0. The van der Waals surface area contributed by atoms with Gasteiger partial charge in [-0.15, -0.1) is 0 Å². The van der Waals surface area contributed by atoms with Crippen LogP contribution in [0.5, 0.6) is 0 Å². The van der Waals surface area contributed by atoms with Gasteiger partial charge in [-0.2, -0.15) is 0 Å². The Bertz CT molecular complexity index is 381. The van der Waals surface area contributed by atoms with Gasteiger partial charge in [0.1, 0.15) is 0 Å². The fourth-order valence-corrected chi connectivity index (χ4v) is 2.62. The van der Waals surface area contributed by atoms with Gasteiger partial charge in [0.05, 0.1) is 19.8 Å². The molecule has 3 heteroatoms. The molecule has 0 bridgehead atoms. The minimum atomic E-state index is 0.358. The molecular weight excluding hydrogens is 250 g/mol. The molecular formula is C17H29NO2. The normalized spacial score (nSPS) is 12.7. The molecule has 20 heavy (non-hydrogen) atoms. The fraction of sp³-hybridized carbons (Fsp3) is 0.647. The monoisotopic (exact) mass is 279 g/mol. The van der Waals surface area contributed by atoms with Crippen LogP contribution in [0.1, 0.15) is 29.2 Å². The van der Waals surface area contributed by atoms with Crippen molar-refractivity contribution in [3.63, 3.8) is 0 Å². The fourth-order valence-electron chi connectivity index (χ4n) is 2.62. The molecule has 1 aromatic rings. The molecule has 0 radical (unpaired) electrons. The molecule has 1 unspecified atom stereocenters. The summed E-state index contributed by atoms with van der Waals surface area (Å²) < 4.78 is 10.7. The lowest BCUT2D eigenvalue weighted by atomic mass is 9.94. The summed E-state index contributed by atoms with van der Waals surface area (Å²) in [7, 11) is 1.70. The lowest BCUT2D eigenvalue weighted by molar-refractivity contribution is 0.0589. The summed E-state index contributed by atoms with van der Waals surface area (Å²) in [5, 5.41) is 3.51. The molecule has 0 aliphatic heterocycles. The van der Waals surface area contributed by atoms with Crippen LogP contribution in [0.4, 0.5) is 0 Å². The lowest BCUT2D eigenvalue weighted by Crippen LogP contribution is -2.36. The van der Waals surface area contributed by atoms with Crippen LogP contribution in [0.25, 0.3) is 0 Å². The maximum atomic E-state index is 5.68. The number of hydrogen-bond donors (Lipinski definition) is 1. The van der Waals surface area contributed by atoms with E-state index in [1.54, 1.807) is 7.11 Å². The van der Waals surface area contributed by atoms with E-state index in [0.29, 0.717) is 19.3 Å². The van der Waals surface area contributed by atoms with Crippen molar-refractivity contribution in [2.45, 2.75) is 40.2 Å². The average Bonchev–Trinajstić information content (AvgIpc) is 2.38. The maximum Gasteiger partial charge on any atom is 0.0701 e. The smallest absolute Gasteiger partial charge is 0.0701 e. The van der Waals surface area contributed by atoms with E-state index in [2.05, 4.69) is 45.1 Å². The van der Waals surface area contributed by atoms with Crippen molar-refractivity contribution in [3.8, 4) is 0 Å². The minimum Gasteiger partial charge on any atom is -0.382 e. The Morgan fingerprint density at radius 2 is 1.75 bits per heavy atom. The third-order valence-electron chi connectivity index (χ3n) is 3.53. The second-order valence-electron chi connectivity index (χ2n) is 5.40. The molecule has 0 fully saturated rings. The Hall–Kier alpha value is -0.900. The lowest BCUT2D eigenvalue weighted by Gasteiger charge is -2.21. The summed E-state index contributed by atoms with van der Waals surface area (Å²) in [5.41, 5.74) is 5.53. The van der Waals surface area contributed by atoms with Crippen molar-refractivity contribution in [1.82, 2.24) is 5.32 Å². The van der Waals surface area contributed by atoms with Crippen LogP contribution in [0.3, 0.4) is 0 Å². The van der Waals surface area contributed by atoms with E-state index >= 15 is 0 Å². The van der Waals surface area contributed by atoms with Crippen molar-refractivity contribution in [2.75, 3.05) is 33.5 Å². The number of aryl methyl sites for hydroxylation is 3. The molecule has 0 aromatic heterocycles. The molecule has 1 rings (SSSR count). The summed E-state index contributed by atoms with van der Waals surface area (Å²) in [6.07, 6.45) is 1.01. The van der Waals surface area contributed by atoms with E-state index in [4.69, 9.17) is 9.47 Å². The predicted molar refractivity (Wildman–Crippen MR) is 84.5 cm³/mol. The Morgan fingerprint density at radius 3 is 2.30 bits per heavy atom. The summed E-state index contributed by atoms with van der Waals surface area (Å²) in [6.45, 7) is 11.7. The second kappa shape index (κ2) is 9.11. The molecule has 1 aromatic carbocycles. The van der Waals surface area contributed by atoms with Crippen molar-refractivity contribution in [3.05, 3.63) is 34.4 Å². The SMILES string of the molecule is CCNC(COCCOC)Cc1c(C)cc(C)cc1C. The molecule has 0 saturated heterocycles. The average molecular weight is 279 g/mol. The largest absolute Gasteiger partial charge is 0.382 e. The number of likely N-dealkylation sites (N-methyl/N-ethyl adjacent to an activating group) is 1. The molecule has 114 valence electrons. The van der Waals surface area contributed by atoms with E-state index in [0.717, 1.165) is 19.6 Å². The third-order valence-corrected chi connectivity index (χ3v) is 3.53. The maximum absolute atomic E-state index is 5.68. The molecule has 0 saturated carbocycles. The van der Waals surface area contributed by atoms with Crippen LogP contribution in [0.15, 0.2) is 12.1 Å². The zero-order valence-electron chi connectivity index (χ0n) is 13.6. The Morgan fingerprint density at radius 1 is 1.10 bits per heavy atom. The van der Waals surface area contributed by atoms with E-state index in [1.165, 1.54) is 22.3 Å². The topological polar surface area (TPSA) is 30.5 Å². The van der Waals surface area contributed by atoms with Gasteiger partial charge < -0.3 is 14.8 Å². The van der Waals surface area contributed by atoms with Crippen molar-refractivity contribution < 1.29 is 9.47 Å². The number of nitrogens with one attached hydrogen (secondary N) is 1. The van der Waals surface area contributed by atoms with E-state index < -0.39 is 0 Å². The first-order valence-electron chi connectivity index (χ1n) is 7.45. The Labute approximate surface area is 123 Å². The minimum absolute atomic E-state index is 0.358. The van der Waals surface area contributed by atoms with Gasteiger partial charge in [0.2, 0.25) is 0 Å². The van der Waals surface area contributed by atoms with Crippen LogP contribution < -0.4 is 5.32 Å². The Kier molecular flexibility index (Phi) is 7.82. The predicted octanol–water partition coefficient (Wildman–Crippen LogP) is 2.80. The zero-order valence-corrected chi connectivity index (χ0v) is 13.6. The van der Waals surface area contributed by atoms with Gasteiger partial charge in [0.25, 0.3) is 0 Å². The van der Waals surface area contributed by atoms with Crippen LogP contribution in [-0.2, 0) is 15.9 Å². The van der Waals surface area contributed by atoms with Crippen LogP contribution in [0.2, 0.25) is 0 Å². The molecule has 0 heterocycles. The summed E-state index contributed by atoms with van der Waals surface area (Å²) in [4.78, 5) is 0. The van der Waals surface area contributed by atoms with Gasteiger partial charge in [0, 0.05) is 13.2 Å². The molecule has 1 atom stereocenters. The molecule has 0 amide bonds. The number of methoxy groups -OCH3 is 1. The van der Waals surface area contributed by atoms with Crippen molar-refractivity contribution >= 4 is 0 Å². The summed E-state index contributed by atoms with van der Waals surface area (Å²) in [5.74, 6) is 0. The number of ether oxygens (including phenoxy) is 2. The van der Waals surface area contributed by atoms with E-state index in [1.807, 2.05) is 0 Å². The van der Waals surface area contributed by atoms with Gasteiger partial charge in [-0.25, -0.2) is 0 Å². The molecule has 1 N–H and O–H groups in total. The number of hydrogen-bond acceptors (Lipinski definition) is 3. The molecule has 0 spiro atoms. The van der Waals surface area contributed by atoms with E-state index in [9.17, 15) is 0 Å². The van der Waals surface area contributed by atoms with Gasteiger partial charge in [-0.3, -0.25) is 0 Å². The standard InChI is InChI=1S/C17H29NO2/c1-6-18-16(12-20-8-7-19-5)11-17-14(3)9-13(2)10-15(17)4/h9-10,16,18H,6-8,11-12H2,1-5H3. The van der Waals surface area contributed by atoms with Gasteiger partial charge in [-0.1, -0.05) is 24.6 Å². The first-order chi connectivity index (χ1) is 9.58. The molecule has 0 aliphatic rings. The van der Waals surface area contributed by atoms with Gasteiger partial charge >= 0.3 is 0 Å². The van der Waals surface area contributed by atoms with Gasteiger partial charge in [-0.05, 0) is 50.4 Å². The zero-order chi connectivity index (χ0) is 15.0. The highest BCUT2D eigenvalue weighted by Gasteiger charge is 2.12. The third kappa shape index (κ3) is 5.61. The quantitative estimate of drug-likeness (QED) is 0.705. The summed E-state index contributed by atoms with van der Waals surface area (Å²) in [6, 6.07) is 4.88. The second-order valence-corrected chi connectivity index (χ2v) is 5.40. The van der Waals surface area contributed by atoms with Crippen LogP contribution >= 0.6 is 0 Å². The number of rotatable bonds is 9. The van der Waals surface area contributed by atoms with Gasteiger partial charge in [0.15, 0.2) is 0 Å².